The molecule has 0 radical (unpaired) electrons. The monoisotopic (exact) mass is 406 g/mol. The number of anilines is 1. The van der Waals surface area contributed by atoms with E-state index in [1.54, 1.807) is 12.1 Å². The topological polar surface area (TPSA) is 55.9 Å². The van der Waals surface area contributed by atoms with Gasteiger partial charge in [-0.25, -0.2) is 0 Å². The van der Waals surface area contributed by atoms with Crippen molar-refractivity contribution in [1.29, 1.82) is 0 Å². The Balaban J connectivity index is 1.39. The lowest BCUT2D eigenvalue weighted by atomic mass is 10.2. The number of halogens is 1. The Labute approximate surface area is 172 Å². The summed E-state index contributed by atoms with van der Waals surface area (Å²) in [6, 6.07) is 7.25. The van der Waals surface area contributed by atoms with Gasteiger partial charge in [-0.2, -0.15) is 0 Å². The molecule has 1 N–H and O–H groups in total. The summed E-state index contributed by atoms with van der Waals surface area (Å²) in [5, 5.41) is 3.41. The highest BCUT2D eigenvalue weighted by atomic mass is 35.5. The lowest BCUT2D eigenvalue weighted by Crippen LogP contribution is -2.51. The molecule has 0 spiro atoms. The average Bonchev–Trinajstić information content (AvgIpc) is 3.49. The van der Waals surface area contributed by atoms with Gasteiger partial charge in [-0.1, -0.05) is 30.7 Å². The number of benzene rings is 1. The van der Waals surface area contributed by atoms with Crippen LogP contribution < -0.4 is 5.32 Å². The molecule has 1 aromatic carbocycles. The maximum atomic E-state index is 12.7. The first-order valence-electron chi connectivity index (χ1n) is 10.3. The van der Waals surface area contributed by atoms with Crippen LogP contribution >= 0.6 is 11.6 Å². The number of nitrogens with zero attached hydrogens (tertiary/aromatic N) is 3. The molecule has 2 fully saturated rings. The number of hydrogen-bond acceptors (Lipinski definition) is 4. The minimum Gasteiger partial charge on any atom is -0.341 e. The Hall–Kier alpha value is -1.63. The molecule has 0 atom stereocenters. The fourth-order valence-corrected chi connectivity index (χ4v) is 3.74. The highest BCUT2D eigenvalue weighted by Gasteiger charge is 2.28. The van der Waals surface area contributed by atoms with E-state index in [1.807, 2.05) is 17.0 Å². The van der Waals surface area contributed by atoms with Gasteiger partial charge in [0.1, 0.15) is 0 Å². The molecular formula is C21H31ClN4O2. The number of amides is 2. The van der Waals surface area contributed by atoms with Crippen molar-refractivity contribution in [3.63, 3.8) is 0 Å². The van der Waals surface area contributed by atoms with E-state index < -0.39 is 0 Å². The van der Waals surface area contributed by atoms with Crippen molar-refractivity contribution in [3.05, 3.63) is 29.3 Å². The normalized spacial score (nSPS) is 18.1. The Kier molecular flexibility index (Phi) is 7.71. The SMILES string of the molecule is CCCN(CC1CC1)C(=O)CN1CCN(CC(=O)Nc2ccccc2Cl)CC1. The quantitative estimate of drug-likeness (QED) is 0.684. The molecule has 0 unspecified atom stereocenters. The molecule has 1 saturated carbocycles. The fraction of sp³-hybridized carbons (Fsp3) is 0.619. The molecule has 28 heavy (non-hydrogen) atoms. The van der Waals surface area contributed by atoms with Gasteiger partial charge in [0.2, 0.25) is 11.8 Å². The van der Waals surface area contributed by atoms with Gasteiger partial charge in [-0.15, -0.1) is 0 Å². The van der Waals surface area contributed by atoms with E-state index >= 15 is 0 Å². The Morgan fingerprint density at radius 2 is 1.75 bits per heavy atom. The van der Waals surface area contributed by atoms with E-state index in [9.17, 15) is 9.59 Å². The zero-order chi connectivity index (χ0) is 19.9. The van der Waals surface area contributed by atoms with Crippen LogP contribution in [-0.4, -0.2) is 78.9 Å². The molecule has 1 aromatic rings. The van der Waals surface area contributed by atoms with E-state index in [0.29, 0.717) is 23.8 Å². The second kappa shape index (κ2) is 10.2. The lowest BCUT2D eigenvalue weighted by molar-refractivity contribution is -0.133. The summed E-state index contributed by atoms with van der Waals surface area (Å²) in [5.41, 5.74) is 0.644. The molecule has 1 saturated heterocycles. The van der Waals surface area contributed by atoms with Crippen molar-refractivity contribution >= 4 is 29.1 Å². The van der Waals surface area contributed by atoms with Crippen molar-refractivity contribution in [2.45, 2.75) is 26.2 Å². The summed E-state index contributed by atoms with van der Waals surface area (Å²) in [7, 11) is 0. The third kappa shape index (κ3) is 6.47. The Morgan fingerprint density at radius 1 is 1.11 bits per heavy atom. The molecule has 1 heterocycles. The smallest absolute Gasteiger partial charge is 0.238 e. The number of hydrogen-bond donors (Lipinski definition) is 1. The van der Waals surface area contributed by atoms with Crippen molar-refractivity contribution in [3.8, 4) is 0 Å². The predicted octanol–water partition coefficient (Wildman–Crippen LogP) is 2.54. The minimum absolute atomic E-state index is 0.0591. The van der Waals surface area contributed by atoms with Crippen LogP contribution in [0.5, 0.6) is 0 Å². The van der Waals surface area contributed by atoms with Gasteiger partial charge in [0.05, 0.1) is 23.8 Å². The van der Waals surface area contributed by atoms with Crippen LogP contribution in [0.3, 0.4) is 0 Å². The minimum atomic E-state index is -0.0591. The van der Waals surface area contributed by atoms with E-state index in [4.69, 9.17) is 11.6 Å². The van der Waals surface area contributed by atoms with E-state index in [1.165, 1.54) is 12.8 Å². The third-order valence-corrected chi connectivity index (χ3v) is 5.69. The van der Waals surface area contributed by atoms with Crippen molar-refractivity contribution < 1.29 is 9.59 Å². The highest BCUT2D eigenvalue weighted by Crippen LogP contribution is 2.29. The van der Waals surface area contributed by atoms with Crippen LogP contribution in [0.25, 0.3) is 0 Å². The molecule has 154 valence electrons. The van der Waals surface area contributed by atoms with Crippen LogP contribution in [-0.2, 0) is 9.59 Å². The molecule has 2 amide bonds. The zero-order valence-electron chi connectivity index (χ0n) is 16.7. The van der Waals surface area contributed by atoms with Gasteiger partial charge < -0.3 is 10.2 Å². The Morgan fingerprint density at radius 3 is 2.36 bits per heavy atom. The maximum absolute atomic E-state index is 12.7. The first-order chi connectivity index (χ1) is 13.5. The summed E-state index contributed by atoms with van der Waals surface area (Å²) >= 11 is 6.09. The molecule has 1 aliphatic heterocycles. The molecule has 0 bridgehead atoms. The second-order valence-corrected chi connectivity index (χ2v) is 8.27. The predicted molar refractivity (Wildman–Crippen MR) is 113 cm³/mol. The Bertz CT molecular complexity index is 672. The van der Waals surface area contributed by atoms with Gasteiger partial charge in [0.25, 0.3) is 0 Å². The maximum Gasteiger partial charge on any atom is 0.238 e. The summed E-state index contributed by atoms with van der Waals surface area (Å²) < 4.78 is 0. The number of carbonyl (C=O) groups excluding carboxylic acids is 2. The van der Waals surface area contributed by atoms with Crippen LogP contribution in [0.2, 0.25) is 5.02 Å². The standard InChI is InChI=1S/C21H31ClN4O2/c1-2-9-26(14-17-7-8-17)21(28)16-25-12-10-24(11-13-25)15-20(27)23-19-6-4-3-5-18(19)22/h3-6,17H,2,7-16H2,1H3,(H,23,27). The number of piperazine rings is 1. The third-order valence-electron chi connectivity index (χ3n) is 5.36. The molecule has 1 aliphatic carbocycles. The highest BCUT2D eigenvalue weighted by molar-refractivity contribution is 6.33. The molecule has 7 heteroatoms. The first kappa shape index (κ1) is 21.1. The number of rotatable bonds is 9. The van der Waals surface area contributed by atoms with E-state index in [-0.39, 0.29) is 11.8 Å². The van der Waals surface area contributed by atoms with Gasteiger partial charge in [0.15, 0.2) is 0 Å². The van der Waals surface area contributed by atoms with Crippen LogP contribution in [0.15, 0.2) is 24.3 Å². The van der Waals surface area contributed by atoms with Crippen molar-refractivity contribution in [2.75, 3.05) is 57.7 Å². The van der Waals surface area contributed by atoms with Crippen molar-refractivity contribution in [2.24, 2.45) is 5.92 Å². The molecule has 0 aromatic heterocycles. The zero-order valence-corrected chi connectivity index (χ0v) is 17.5. The molecular weight excluding hydrogens is 376 g/mol. The number of carbonyl (C=O) groups is 2. The average molecular weight is 407 g/mol. The van der Waals surface area contributed by atoms with E-state index in [0.717, 1.165) is 51.6 Å². The fourth-order valence-electron chi connectivity index (χ4n) is 3.55. The summed E-state index contributed by atoms with van der Waals surface area (Å²) in [6.45, 7) is 7.96. The van der Waals surface area contributed by atoms with E-state index in [2.05, 4.69) is 22.0 Å². The molecule has 3 rings (SSSR count). The van der Waals surface area contributed by atoms with Crippen LogP contribution in [0.1, 0.15) is 26.2 Å². The van der Waals surface area contributed by atoms with Crippen molar-refractivity contribution in [1.82, 2.24) is 14.7 Å². The summed E-state index contributed by atoms with van der Waals surface area (Å²) in [4.78, 5) is 31.3. The summed E-state index contributed by atoms with van der Waals surface area (Å²) in [6.07, 6.45) is 3.54. The lowest BCUT2D eigenvalue weighted by Gasteiger charge is -2.35. The molecule has 2 aliphatic rings. The number of nitrogens with one attached hydrogen (secondary N) is 1. The van der Waals surface area contributed by atoms with Gasteiger partial charge in [-0.3, -0.25) is 19.4 Å². The first-order valence-corrected chi connectivity index (χ1v) is 10.7. The van der Waals surface area contributed by atoms with Gasteiger partial charge in [0, 0.05) is 39.3 Å². The second-order valence-electron chi connectivity index (χ2n) is 7.86. The largest absolute Gasteiger partial charge is 0.341 e. The number of para-hydroxylation sites is 1. The van der Waals surface area contributed by atoms with Crippen LogP contribution in [0.4, 0.5) is 5.69 Å². The van der Waals surface area contributed by atoms with Gasteiger partial charge >= 0.3 is 0 Å². The molecule has 6 nitrogen and oxygen atoms in total. The van der Waals surface area contributed by atoms with Crippen LogP contribution in [0, 0.1) is 5.92 Å². The summed E-state index contributed by atoms with van der Waals surface area (Å²) in [5.74, 6) is 0.916. The van der Waals surface area contributed by atoms with Gasteiger partial charge in [-0.05, 0) is 37.3 Å².